The first-order valence-corrected chi connectivity index (χ1v) is 31.2. The van der Waals surface area contributed by atoms with Crippen molar-refractivity contribution in [1.82, 2.24) is 15.0 Å². The van der Waals surface area contributed by atoms with E-state index in [1.54, 1.807) is 6.20 Å². The minimum Gasteiger partial charge on any atom is -0.328 e. The summed E-state index contributed by atoms with van der Waals surface area (Å²) in [6.07, 6.45) is 48.0. The monoisotopic (exact) mass is 1130 g/mol. The third-order valence-electron chi connectivity index (χ3n) is 12.7. The van der Waals surface area contributed by atoms with Gasteiger partial charge in [0.2, 0.25) is 0 Å². The summed E-state index contributed by atoms with van der Waals surface area (Å²) in [5.41, 5.74) is 5.55. The third kappa shape index (κ3) is 33.5. The van der Waals surface area contributed by atoms with Crippen LogP contribution in [0.2, 0.25) is 0 Å². The molecule has 3 unspecified atom stereocenters. The first kappa shape index (κ1) is 75.0. The van der Waals surface area contributed by atoms with Crippen molar-refractivity contribution in [2.75, 3.05) is 0 Å². The zero-order valence-electron chi connectivity index (χ0n) is 45.7. The van der Waals surface area contributed by atoms with E-state index in [4.69, 9.17) is 11.2 Å². The van der Waals surface area contributed by atoms with Crippen molar-refractivity contribution in [3.8, 4) is 0 Å². The summed E-state index contributed by atoms with van der Waals surface area (Å²) in [5, 5.41) is 0.905. The molecule has 3 aromatic heterocycles. The SMILES string of the molecule is C1CCCC1.C1CCCC1.CC(C)(C)P(Cl)c1ccccn1.CC(C)(C)P(c1ccccn1)C1CCCC1.CC(C)(C)P(c1ccccn1)C1CCCC1.[CH-]1CCCC1.[CH-]1CCCC1.[Fe].[Fe].[Fe].[Li+].[Li+]. The van der Waals surface area contributed by atoms with Gasteiger partial charge in [-0.2, -0.15) is 25.7 Å². The summed E-state index contributed by atoms with van der Waals surface area (Å²) in [6, 6.07) is 18.7. The first-order chi connectivity index (χ1) is 30.7. The topological polar surface area (TPSA) is 38.7 Å². The fraction of sp³-hybridized carbons (Fsp3) is 0.702. The predicted molar refractivity (Wildman–Crippen MR) is 294 cm³/mol. The number of aromatic nitrogens is 3. The van der Waals surface area contributed by atoms with Gasteiger partial charge < -0.3 is 12.8 Å². The summed E-state index contributed by atoms with van der Waals surface area (Å²) in [4.78, 5) is 13.5. The van der Waals surface area contributed by atoms with E-state index in [1.165, 1.54) is 178 Å². The van der Waals surface area contributed by atoms with Gasteiger partial charge in [0, 0.05) is 82.2 Å². The molecule has 0 aromatic carbocycles. The molecule has 6 saturated carbocycles. The Labute approximate surface area is 492 Å². The van der Waals surface area contributed by atoms with E-state index < -0.39 is 7.27 Å². The minimum atomic E-state index is -0.656. The Kier molecular flexibility index (Phi) is 47.7. The maximum Gasteiger partial charge on any atom is 1.00 e. The van der Waals surface area contributed by atoms with Gasteiger partial charge in [0.15, 0.2) is 0 Å². The van der Waals surface area contributed by atoms with Crippen LogP contribution in [-0.2, 0) is 51.2 Å². The standard InChI is InChI=1S/2C14H22NP.C9H13ClNP.2C5H10.2C5H9.3Fe.2Li/c2*1-14(2,3)16(12-8-4-5-9-12)13-10-6-7-11-15-13;1-9(2,3)12(10)8-6-4-5-7-11-8;4*1-2-4-5-3-1;;;;;/h2*6-7,10-12H,4-5,8-9H2,1-3H3;4-7H,1-3H3;2*1-5H2;2*1H,2-5H2;;;;;/q;;;;;2*-1;;;;2*+1. The van der Waals surface area contributed by atoms with Crippen molar-refractivity contribution < 1.29 is 88.9 Å². The van der Waals surface area contributed by atoms with Gasteiger partial charge in [-0.3, -0.25) is 15.0 Å². The molecular weight excluding hydrogens is 1040 g/mol. The quantitative estimate of drug-likeness (QED) is 0.145. The van der Waals surface area contributed by atoms with E-state index in [9.17, 15) is 0 Å². The molecule has 6 fully saturated rings. The van der Waals surface area contributed by atoms with Crippen LogP contribution in [0, 0.1) is 12.8 Å². The third-order valence-corrected chi connectivity index (χ3v) is 23.5. The molecule has 9 rings (SSSR count). The molecule has 386 valence electrons. The maximum atomic E-state index is 6.28. The predicted octanol–water partition coefficient (Wildman–Crippen LogP) is 12.4. The van der Waals surface area contributed by atoms with Crippen LogP contribution in [0.3, 0.4) is 0 Å². The van der Waals surface area contributed by atoms with Gasteiger partial charge >= 0.3 is 37.7 Å². The Hall–Kier alpha value is 1.78. The molecule has 3 heterocycles. The van der Waals surface area contributed by atoms with Crippen LogP contribution < -0.4 is 54.0 Å². The molecule has 0 spiro atoms. The molecule has 0 N–H and O–H groups in total. The van der Waals surface area contributed by atoms with Gasteiger partial charge in [-0.15, -0.1) is 0 Å². The van der Waals surface area contributed by atoms with Gasteiger partial charge in [-0.05, 0) is 99.6 Å². The minimum absolute atomic E-state index is 0. The van der Waals surface area contributed by atoms with Crippen LogP contribution in [0.1, 0.15) is 229 Å². The van der Waals surface area contributed by atoms with E-state index in [0.29, 0.717) is 10.3 Å². The molecule has 0 radical (unpaired) electrons. The van der Waals surface area contributed by atoms with Crippen LogP contribution in [0.15, 0.2) is 73.2 Å². The first-order valence-electron chi connectivity index (χ1n) is 26.1. The molecule has 6 aliphatic rings. The molecule has 3 atom stereocenters. The van der Waals surface area contributed by atoms with Gasteiger partial charge in [-0.1, -0.05) is 207 Å². The molecule has 69 heavy (non-hydrogen) atoms. The summed E-state index contributed by atoms with van der Waals surface area (Å²) < 4.78 is 0. The van der Waals surface area contributed by atoms with Crippen LogP contribution in [0.5, 0.6) is 0 Å². The van der Waals surface area contributed by atoms with Gasteiger partial charge in [-0.25, -0.2) is 0 Å². The van der Waals surface area contributed by atoms with Crippen LogP contribution in [0.4, 0.5) is 0 Å². The number of pyridine rings is 3. The van der Waals surface area contributed by atoms with Crippen molar-refractivity contribution in [3.05, 3.63) is 86.0 Å². The van der Waals surface area contributed by atoms with Crippen LogP contribution in [-0.4, -0.2) is 41.7 Å². The van der Waals surface area contributed by atoms with E-state index in [1.807, 2.05) is 42.7 Å². The molecule has 0 saturated heterocycles. The zero-order chi connectivity index (χ0) is 46.5. The molecular formula is C57H95ClFe3Li2N3P3. The Morgan fingerprint density at radius 1 is 0.391 bits per heavy atom. The molecule has 3 nitrogen and oxygen atoms in total. The smallest absolute Gasteiger partial charge is 0.328 e. The Bertz CT molecular complexity index is 1400. The zero-order valence-corrected chi connectivity index (χ0v) is 52.5. The van der Waals surface area contributed by atoms with Crippen molar-refractivity contribution in [1.29, 1.82) is 0 Å². The van der Waals surface area contributed by atoms with Crippen molar-refractivity contribution in [3.63, 3.8) is 0 Å². The van der Waals surface area contributed by atoms with E-state index >= 15 is 0 Å². The Morgan fingerprint density at radius 2 is 0.652 bits per heavy atom. The average molecular weight is 1130 g/mol. The number of rotatable bonds is 5. The second-order valence-corrected chi connectivity index (χ2v) is 31.6. The molecule has 0 aliphatic heterocycles. The van der Waals surface area contributed by atoms with E-state index in [-0.39, 0.29) is 110 Å². The van der Waals surface area contributed by atoms with Crippen molar-refractivity contribution >= 4 is 50.7 Å². The Morgan fingerprint density at radius 3 is 0.841 bits per heavy atom. The molecule has 12 heteroatoms. The van der Waals surface area contributed by atoms with E-state index in [0.717, 1.165) is 16.8 Å². The molecule has 3 aromatic rings. The normalized spacial score (nSPS) is 18.7. The van der Waals surface area contributed by atoms with Gasteiger partial charge in [0.25, 0.3) is 0 Å². The number of halogens is 1. The van der Waals surface area contributed by atoms with Crippen LogP contribution >= 0.6 is 34.4 Å². The molecule has 0 bridgehead atoms. The van der Waals surface area contributed by atoms with Crippen molar-refractivity contribution in [2.24, 2.45) is 0 Å². The average Bonchev–Trinajstić information content (AvgIpc) is 4.13. The van der Waals surface area contributed by atoms with Crippen LogP contribution in [0.25, 0.3) is 0 Å². The fourth-order valence-electron chi connectivity index (χ4n) is 9.50. The fourth-order valence-corrected chi connectivity index (χ4v) is 17.8. The van der Waals surface area contributed by atoms with Crippen molar-refractivity contribution in [2.45, 2.75) is 256 Å². The number of nitrogens with zero attached hydrogens (tertiary/aromatic N) is 3. The summed E-state index contributed by atoms with van der Waals surface area (Å²) >= 11 is 6.28. The van der Waals surface area contributed by atoms with E-state index in [2.05, 4.69) is 114 Å². The van der Waals surface area contributed by atoms with Gasteiger partial charge in [0.1, 0.15) is 0 Å². The second kappa shape index (κ2) is 43.8. The summed E-state index contributed by atoms with van der Waals surface area (Å²) in [6.45, 7) is 20.7. The number of hydrogen-bond donors (Lipinski definition) is 0. The Balaban J connectivity index is -0.000000769. The largest absolute Gasteiger partial charge is 1.00 e. The molecule has 0 amide bonds. The summed E-state index contributed by atoms with van der Waals surface area (Å²) in [5.74, 6) is 0. The summed E-state index contributed by atoms with van der Waals surface area (Å²) in [7, 11) is -0.874. The second-order valence-electron chi connectivity index (χ2n) is 21.7. The molecule has 6 aliphatic carbocycles. The van der Waals surface area contributed by atoms with Gasteiger partial charge in [0.05, 0.1) is 16.3 Å². The maximum absolute atomic E-state index is 6.28. The number of hydrogen-bond acceptors (Lipinski definition) is 3.